The van der Waals surface area contributed by atoms with Gasteiger partial charge in [0.05, 0.1) is 11.8 Å². The molecule has 1 aromatic heterocycles. The van der Waals surface area contributed by atoms with Gasteiger partial charge in [-0.15, -0.1) is 0 Å². The molecule has 0 spiro atoms. The Bertz CT molecular complexity index is 933. The fourth-order valence-corrected chi connectivity index (χ4v) is 4.65. The Morgan fingerprint density at radius 3 is 2.13 bits per heavy atom. The second-order valence-electron chi connectivity index (χ2n) is 8.12. The molecule has 1 saturated heterocycles. The summed E-state index contributed by atoms with van der Waals surface area (Å²) in [6.45, 7) is 1.98. The van der Waals surface area contributed by atoms with E-state index in [1.165, 1.54) is 16.7 Å². The minimum atomic E-state index is -1.82. The van der Waals surface area contributed by atoms with Crippen molar-refractivity contribution in [3.8, 4) is 0 Å². The third-order valence-corrected chi connectivity index (χ3v) is 6.31. The first-order chi connectivity index (χ1) is 14.8. The number of hydrogen-bond acceptors (Lipinski definition) is 5. The number of hydrogen-bond donors (Lipinski definition) is 3. The lowest BCUT2D eigenvalue weighted by atomic mass is 9.83. The lowest BCUT2D eigenvalue weighted by molar-refractivity contribution is -0.159. The van der Waals surface area contributed by atoms with Crippen LogP contribution < -0.4 is 0 Å². The number of nitrogens with zero attached hydrogens (tertiary/aromatic N) is 2. The summed E-state index contributed by atoms with van der Waals surface area (Å²) in [4.78, 5) is 32.0. The summed E-state index contributed by atoms with van der Waals surface area (Å²) in [5.74, 6) is -3.20. The van der Waals surface area contributed by atoms with E-state index in [1.54, 1.807) is 0 Å². The van der Waals surface area contributed by atoms with Gasteiger partial charge in [-0.3, -0.25) is 9.69 Å². The zero-order valence-corrected chi connectivity index (χ0v) is 17.5. The molecule has 31 heavy (non-hydrogen) atoms. The van der Waals surface area contributed by atoms with Crippen molar-refractivity contribution in [2.75, 3.05) is 13.1 Å². The average Bonchev–Trinajstić information content (AvgIpc) is 3.14. The molecule has 2 aromatic rings. The number of aromatic nitrogens is 1. The van der Waals surface area contributed by atoms with Gasteiger partial charge in [-0.05, 0) is 61.0 Å². The van der Waals surface area contributed by atoms with Crippen LogP contribution in [0.15, 0.2) is 36.5 Å². The Hall–Kier alpha value is -2.97. The molecule has 8 nitrogen and oxygen atoms in total. The fraction of sp³-hybridized carbons (Fsp3) is 0.435. The van der Waals surface area contributed by atoms with Crippen LogP contribution in [0.1, 0.15) is 45.9 Å². The van der Waals surface area contributed by atoms with Crippen molar-refractivity contribution < 1.29 is 29.7 Å². The number of likely N-dealkylation sites (tertiary alicyclic amines) is 1. The molecule has 0 saturated carbocycles. The summed E-state index contributed by atoms with van der Waals surface area (Å²) in [7, 11) is 1.93. The maximum absolute atomic E-state index is 11.4. The van der Waals surface area contributed by atoms with Crippen LogP contribution in [-0.4, -0.2) is 68.2 Å². The summed E-state index contributed by atoms with van der Waals surface area (Å²) in [6.07, 6.45) is 6.47. The molecule has 0 radical (unpaired) electrons. The predicted octanol–water partition coefficient (Wildman–Crippen LogP) is 1.70. The molecule has 2 unspecified atom stereocenters. The number of carboxylic acid groups (broad SMARTS) is 2. The average molecular weight is 428 g/mol. The van der Waals surface area contributed by atoms with E-state index in [0.29, 0.717) is 5.92 Å². The summed E-state index contributed by atoms with van der Waals surface area (Å²) in [5, 5.41) is 25.4. The van der Waals surface area contributed by atoms with Crippen molar-refractivity contribution in [3.05, 3.63) is 58.9 Å². The maximum Gasteiger partial charge on any atom is 0.414 e. The number of benzene rings is 1. The normalized spacial score (nSPS) is 21.5. The van der Waals surface area contributed by atoms with Gasteiger partial charge in [0.15, 0.2) is 6.29 Å². The van der Waals surface area contributed by atoms with Crippen LogP contribution in [0.25, 0.3) is 0 Å². The number of carbonyl (C=O) groups is 3. The molecule has 1 aliphatic carbocycles. The van der Waals surface area contributed by atoms with Gasteiger partial charge < -0.3 is 19.9 Å². The maximum atomic E-state index is 11.4. The van der Waals surface area contributed by atoms with Gasteiger partial charge in [0, 0.05) is 25.7 Å². The Morgan fingerprint density at radius 1 is 1.00 bits per heavy atom. The fourth-order valence-electron chi connectivity index (χ4n) is 4.65. The van der Waals surface area contributed by atoms with Crippen LogP contribution in [0.3, 0.4) is 0 Å². The quantitative estimate of drug-likeness (QED) is 0.503. The molecule has 1 fully saturated rings. The number of aryl methyl sites for hydroxylation is 1. The molecule has 1 aliphatic heterocycles. The molecular weight excluding hydrogens is 400 g/mol. The largest absolute Gasteiger partial charge is 0.473 e. The number of piperidine rings is 1. The zero-order chi connectivity index (χ0) is 22.5. The van der Waals surface area contributed by atoms with Crippen LogP contribution in [-0.2, 0) is 29.5 Å². The number of aldehydes is 1. The molecular formula is C23H28N2O6. The Morgan fingerprint density at radius 2 is 1.58 bits per heavy atom. The van der Waals surface area contributed by atoms with Gasteiger partial charge in [0.25, 0.3) is 0 Å². The number of fused-ring (bicyclic) bond motifs is 1. The van der Waals surface area contributed by atoms with Crippen molar-refractivity contribution >= 4 is 18.2 Å². The van der Waals surface area contributed by atoms with Gasteiger partial charge in [-0.2, -0.15) is 0 Å². The van der Waals surface area contributed by atoms with E-state index in [2.05, 4.69) is 35.2 Å². The summed E-state index contributed by atoms with van der Waals surface area (Å²) < 4.78 is 1.91. The Balaban J connectivity index is 0.000000401. The minimum absolute atomic E-state index is 0.220. The van der Waals surface area contributed by atoms with Crippen molar-refractivity contribution in [1.82, 2.24) is 9.47 Å². The molecule has 2 atom stereocenters. The molecule has 2 heterocycles. The van der Waals surface area contributed by atoms with E-state index in [4.69, 9.17) is 19.8 Å². The highest BCUT2D eigenvalue weighted by atomic mass is 16.4. The third-order valence-electron chi connectivity index (χ3n) is 6.31. The number of carbonyl (C=O) groups excluding carboxylic acids is 1. The number of aliphatic hydroxyl groups is 1. The number of aliphatic carboxylic acids is 2. The van der Waals surface area contributed by atoms with E-state index >= 15 is 0 Å². The van der Waals surface area contributed by atoms with E-state index in [-0.39, 0.29) is 12.1 Å². The van der Waals surface area contributed by atoms with Crippen LogP contribution in [0, 0.1) is 0 Å². The van der Waals surface area contributed by atoms with Crippen molar-refractivity contribution in [2.45, 2.75) is 43.7 Å². The van der Waals surface area contributed by atoms with E-state index in [1.807, 2.05) is 17.8 Å². The second-order valence-corrected chi connectivity index (χ2v) is 8.12. The first kappa shape index (κ1) is 22.7. The first-order valence-electron chi connectivity index (χ1n) is 10.4. The second kappa shape index (κ2) is 9.89. The first-order valence-corrected chi connectivity index (χ1v) is 10.4. The van der Waals surface area contributed by atoms with Gasteiger partial charge in [0.1, 0.15) is 0 Å². The third kappa shape index (κ3) is 5.21. The van der Waals surface area contributed by atoms with Gasteiger partial charge in [0.2, 0.25) is 0 Å². The molecule has 166 valence electrons. The topological polar surface area (TPSA) is 120 Å². The minimum Gasteiger partial charge on any atom is -0.473 e. The van der Waals surface area contributed by atoms with E-state index in [0.717, 1.165) is 50.8 Å². The smallest absolute Gasteiger partial charge is 0.414 e. The highest BCUT2D eigenvalue weighted by Gasteiger charge is 2.34. The molecule has 8 heteroatoms. The molecule has 1 aromatic carbocycles. The Kier molecular flexibility index (Phi) is 7.25. The molecule has 0 bridgehead atoms. The number of carboxylic acids is 2. The van der Waals surface area contributed by atoms with Gasteiger partial charge in [-0.1, -0.05) is 24.3 Å². The van der Waals surface area contributed by atoms with E-state index < -0.39 is 11.9 Å². The molecule has 3 N–H and O–H groups in total. The van der Waals surface area contributed by atoms with Crippen LogP contribution in [0.2, 0.25) is 0 Å². The zero-order valence-electron chi connectivity index (χ0n) is 17.5. The van der Waals surface area contributed by atoms with Gasteiger partial charge >= 0.3 is 11.9 Å². The number of rotatable bonds is 3. The lowest BCUT2D eigenvalue weighted by Crippen LogP contribution is -2.50. The molecule has 4 rings (SSSR count). The van der Waals surface area contributed by atoms with Crippen molar-refractivity contribution in [2.24, 2.45) is 7.05 Å². The summed E-state index contributed by atoms with van der Waals surface area (Å²) in [6, 6.07) is 10.8. The van der Waals surface area contributed by atoms with Crippen LogP contribution in [0.4, 0.5) is 0 Å². The highest BCUT2D eigenvalue weighted by Crippen LogP contribution is 2.33. The monoisotopic (exact) mass is 428 g/mol. The molecule has 0 amide bonds. The summed E-state index contributed by atoms with van der Waals surface area (Å²) in [5.41, 5.74) is 4.67. The van der Waals surface area contributed by atoms with Crippen LogP contribution in [0.5, 0.6) is 0 Å². The predicted molar refractivity (Wildman–Crippen MR) is 113 cm³/mol. The van der Waals surface area contributed by atoms with E-state index in [9.17, 15) is 9.90 Å². The van der Waals surface area contributed by atoms with Crippen LogP contribution >= 0.6 is 0 Å². The SMILES string of the molecule is Cn1ccc(C2CCN(C3Cc4ccccc4CC3O)CC2)c1C=O.O=C(O)C(=O)O. The van der Waals surface area contributed by atoms with Crippen molar-refractivity contribution in [1.29, 1.82) is 0 Å². The summed E-state index contributed by atoms with van der Waals surface area (Å²) >= 11 is 0. The number of aliphatic hydroxyl groups excluding tert-OH is 1. The highest BCUT2D eigenvalue weighted by molar-refractivity contribution is 6.27. The Labute approximate surface area is 180 Å². The van der Waals surface area contributed by atoms with Gasteiger partial charge in [-0.25, -0.2) is 9.59 Å². The van der Waals surface area contributed by atoms with Crippen molar-refractivity contribution in [3.63, 3.8) is 0 Å². The standard InChI is InChI=1S/C21H26N2O2.C2H2O4/c1-22-9-8-18(20(22)14-24)15-6-10-23(11-7-15)19-12-16-4-2-3-5-17(16)13-21(19)25;3-1(4)2(5)6/h2-5,8-9,14-15,19,21,25H,6-7,10-13H2,1H3;(H,3,4)(H,5,6). The lowest BCUT2D eigenvalue weighted by Gasteiger charge is -2.42. The molecule has 2 aliphatic rings.